The quantitative estimate of drug-likeness (QED) is 0.470. The summed E-state index contributed by atoms with van der Waals surface area (Å²) >= 11 is 4.60. The third-order valence-corrected chi connectivity index (χ3v) is 8.67. The maximum absolute atomic E-state index is 13.1. The maximum atomic E-state index is 13.1. The Morgan fingerprint density at radius 1 is 1.24 bits per heavy atom. The fraction of sp³-hybridized carbons (Fsp3) is 0.250. The van der Waals surface area contributed by atoms with E-state index < -0.39 is 5.92 Å². The summed E-state index contributed by atoms with van der Waals surface area (Å²) in [4.78, 5) is 14.9. The molecule has 2 N–H and O–H groups in total. The van der Waals surface area contributed by atoms with Gasteiger partial charge in [0, 0.05) is 23.4 Å². The Morgan fingerprint density at radius 3 is 2.79 bits per heavy atom. The zero-order valence-electron chi connectivity index (χ0n) is 17.9. The molecule has 166 valence electrons. The molecule has 33 heavy (non-hydrogen) atoms. The van der Waals surface area contributed by atoms with Crippen molar-refractivity contribution in [1.82, 2.24) is 10.2 Å². The second-order valence-electron chi connectivity index (χ2n) is 8.00. The topological polar surface area (TPSA) is 95.9 Å². The number of nitrogens with two attached hydrogens (primary N) is 1. The van der Waals surface area contributed by atoms with Gasteiger partial charge in [-0.3, -0.25) is 9.69 Å². The van der Waals surface area contributed by atoms with Gasteiger partial charge in [0.05, 0.1) is 17.6 Å². The van der Waals surface area contributed by atoms with Crippen LogP contribution in [0.25, 0.3) is 0 Å². The number of rotatable bonds is 5. The molecule has 0 saturated carbocycles. The number of hydrogen-bond acceptors (Lipinski definition) is 9. The molecule has 3 aromatic rings. The first-order valence-electron chi connectivity index (χ1n) is 10.6. The largest absolute Gasteiger partial charge is 0.384 e. The fourth-order valence-corrected chi connectivity index (χ4v) is 6.78. The highest BCUT2D eigenvalue weighted by Gasteiger charge is 2.41. The number of hydrogen-bond donors (Lipinski definition) is 1. The number of ketones is 1. The lowest BCUT2D eigenvalue weighted by molar-refractivity contribution is -0.116. The minimum absolute atomic E-state index is 0.0798. The smallest absolute Gasteiger partial charge is 0.219 e. The van der Waals surface area contributed by atoms with Gasteiger partial charge in [-0.1, -0.05) is 52.9 Å². The molecule has 6 nitrogen and oxygen atoms in total. The predicted octanol–water partition coefficient (Wildman–Crippen LogP) is 5.51. The molecule has 0 amide bonds. The van der Waals surface area contributed by atoms with Crippen LogP contribution in [0.3, 0.4) is 0 Å². The zero-order valence-corrected chi connectivity index (χ0v) is 20.4. The molecule has 0 saturated heterocycles. The van der Waals surface area contributed by atoms with Crippen LogP contribution in [0.15, 0.2) is 68.1 Å². The molecule has 3 heterocycles. The summed E-state index contributed by atoms with van der Waals surface area (Å²) in [6.07, 6.45) is 1.96. The van der Waals surface area contributed by atoms with Gasteiger partial charge in [0.2, 0.25) is 5.13 Å². The molecule has 2 aliphatic rings. The fourth-order valence-electron chi connectivity index (χ4n) is 4.26. The van der Waals surface area contributed by atoms with E-state index in [2.05, 4.69) is 47.5 Å². The SMILES string of the molecule is Cc1ccc(CSc2nnc(N3C(N)=C(C#N)[C@@H](c4ccsc4)C4=C3CCCC4=O)s2)cc1. The van der Waals surface area contributed by atoms with E-state index in [1.807, 2.05) is 16.8 Å². The van der Waals surface area contributed by atoms with Gasteiger partial charge in [-0.15, -0.1) is 10.2 Å². The zero-order chi connectivity index (χ0) is 22.9. The molecular formula is C24H21N5OS3. The third kappa shape index (κ3) is 4.10. The van der Waals surface area contributed by atoms with Gasteiger partial charge in [0.1, 0.15) is 5.82 Å². The molecule has 1 atom stereocenters. The van der Waals surface area contributed by atoms with Crippen molar-refractivity contribution in [3.05, 3.63) is 80.4 Å². The Bertz CT molecular complexity index is 1300. The van der Waals surface area contributed by atoms with Crippen LogP contribution in [-0.2, 0) is 10.5 Å². The van der Waals surface area contributed by atoms with Gasteiger partial charge in [-0.05, 0) is 47.7 Å². The van der Waals surface area contributed by atoms with E-state index in [1.54, 1.807) is 28.0 Å². The number of carbonyl (C=O) groups excluding carboxylic acids is 1. The molecule has 9 heteroatoms. The molecule has 0 bridgehead atoms. The molecule has 1 aliphatic carbocycles. The van der Waals surface area contributed by atoms with Crippen molar-refractivity contribution in [1.29, 1.82) is 5.26 Å². The number of benzene rings is 1. The highest BCUT2D eigenvalue weighted by atomic mass is 32.2. The van der Waals surface area contributed by atoms with E-state index in [9.17, 15) is 10.1 Å². The number of aromatic nitrogens is 2. The van der Waals surface area contributed by atoms with Crippen LogP contribution < -0.4 is 10.6 Å². The van der Waals surface area contributed by atoms with E-state index in [1.165, 1.54) is 22.5 Å². The lowest BCUT2D eigenvalue weighted by Crippen LogP contribution is -2.38. The van der Waals surface area contributed by atoms with Crippen LogP contribution in [0.1, 0.15) is 41.9 Å². The van der Waals surface area contributed by atoms with Crippen LogP contribution >= 0.6 is 34.4 Å². The van der Waals surface area contributed by atoms with Gasteiger partial charge < -0.3 is 5.73 Å². The summed E-state index contributed by atoms with van der Waals surface area (Å²) in [5.74, 6) is 0.796. The molecule has 5 rings (SSSR count). The van der Waals surface area contributed by atoms with Gasteiger partial charge >= 0.3 is 0 Å². The summed E-state index contributed by atoms with van der Waals surface area (Å²) in [5.41, 5.74) is 11.9. The molecule has 0 fully saturated rings. The van der Waals surface area contributed by atoms with Crippen LogP contribution in [0.2, 0.25) is 0 Å². The number of anilines is 1. The van der Waals surface area contributed by atoms with Crippen molar-refractivity contribution in [3.63, 3.8) is 0 Å². The number of nitriles is 1. The molecule has 0 spiro atoms. The molecule has 0 radical (unpaired) electrons. The van der Waals surface area contributed by atoms with Gasteiger partial charge in [0.15, 0.2) is 10.1 Å². The number of Topliss-reactive ketones (excluding diaryl/α,β-unsaturated/α-hetero) is 1. The first kappa shape index (κ1) is 21.9. The second-order valence-corrected chi connectivity index (χ2v) is 11.0. The lowest BCUT2D eigenvalue weighted by atomic mass is 9.76. The van der Waals surface area contributed by atoms with Crippen LogP contribution in [0, 0.1) is 18.3 Å². The standard InChI is InChI=1S/C24H21N5OS3/c1-14-5-7-15(8-6-14)12-32-24-28-27-23(33-24)29-18-3-2-4-19(30)21(18)20(16-9-10-31-13-16)17(11-25)22(29)26/h5-10,13,20H,2-4,12,26H2,1H3/t20-/m1/s1. The summed E-state index contributed by atoms with van der Waals surface area (Å²) < 4.78 is 0.820. The average molecular weight is 492 g/mol. The normalized spacial score (nSPS) is 18.5. The Balaban J connectivity index is 1.50. The van der Waals surface area contributed by atoms with Crippen molar-refractivity contribution in [2.24, 2.45) is 5.73 Å². The lowest BCUT2D eigenvalue weighted by Gasteiger charge is -2.37. The van der Waals surface area contributed by atoms with Crippen molar-refractivity contribution in [2.75, 3.05) is 4.90 Å². The van der Waals surface area contributed by atoms with E-state index in [4.69, 9.17) is 5.73 Å². The number of thioether (sulfide) groups is 1. The number of allylic oxidation sites excluding steroid dienone is 3. The third-order valence-electron chi connectivity index (χ3n) is 5.86. The van der Waals surface area contributed by atoms with Crippen LogP contribution in [0.5, 0.6) is 0 Å². The van der Waals surface area contributed by atoms with E-state index in [0.717, 1.165) is 27.8 Å². The summed E-state index contributed by atoms with van der Waals surface area (Å²) in [7, 11) is 0. The molecule has 2 aromatic heterocycles. The van der Waals surface area contributed by atoms with E-state index in [-0.39, 0.29) is 5.78 Å². The Morgan fingerprint density at radius 2 is 2.06 bits per heavy atom. The van der Waals surface area contributed by atoms with Crippen LogP contribution in [-0.4, -0.2) is 16.0 Å². The van der Waals surface area contributed by atoms with Crippen LogP contribution in [0.4, 0.5) is 5.13 Å². The average Bonchev–Trinajstić information content (AvgIpc) is 3.51. The summed E-state index contributed by atoms with van der Waals surface area (Å²) in [5, 5.41) is 23.3. The number of aryl methyl sites for hydroxylation is 1. The van der Waals surface area contributed by atoms with Crippen molar-refractivity contribution >= 4 is 45.4 Å². The second kappa shape index (κ2) is 9.14. The predicted molar refractivity (Wildman–Crippen MR) is 133 cm³/mol. The Hall–Kier alpha value is -2.93. The first-order chi connectivity index (χ1) is 16.1. The number of nitrogens with zero attached hydrogens (tertiary/aromatic N) is 4. The molecule has 0 unspecified atom stereocenters. The van der Waals surface area contributed by atoms with Gasteiger partial charge in [0.25, 0.3) is 0 Å². The van der Waals surface area contributed by atoms with Crippen molar-refractivity contribution in [3.8, 4) is 6.07 Å². The Labute approximate surface area is 204 Å². The van der Waals surface area contributed by atoms with Gasteiger partial charge in [-0.2, -0.15) is 16.6 Å². The minimum Gasteiger partial charge on any atom is -0.384 e. The molecule has 1 aliphatic heterocycles. The van der Waals surface area contributed by atoms with E-state index in [0.29, 0.717) is 34.9 Å². The van der Waals surface area contributed by atoms with Gasteiger partial charge in [-0.25, -0.2) is 0 Å². The first-order valence-corrected chi connectivity index (χ1v) is 13.3. The molecular weight excluding hydrogens is 470 g/mol. The summed E-state index contributed by atoms with van der Waals surface area (Å²) in [6.45, 7) is 2.07. The maximum Gasteiger partial charge on any atom is 0.219 e. The molecule has 1 aromatic carbocycles. The highest BCUT2D eigenvalue weighted by molar-refractivity contribution is 8.00. The monoisotopic (exact) mass is 491 g/mol. The summed E-state index contributed by atoms with van der Waals surface area (Å²) in [6, 6.07) is 12.7. The van der Waals surface area contributed by atoms with Crippen molar-refractivity contribution < 1.29 is 4.79 Å². The minimum atomic E-state index is -0.413. The highest BCUT2D eigenvalue weighted by Crippen LogP contribution is 2.47. The Kier molecular flexibility index (Phi) is 6.06. The number of thiophene rings is 1. The van der Waals surface area contributed by atoms with Crippen molar-refractivity contribution in [2.45, 2.75) is 42.2 Å². The van der Waals surface area contributed by atoms with E-state index >= 15 is 0 Å². The number of carbonyl (C=O) groups is 1.